The fraction of sp³-hybridized carbons (Fsp3) is 0.314. The van der Waals surface area contributed by atoms with Crippen LogP contribution in [0.25, 0.3) is 10.4 Å². The molecular weight excluding hydrogens is 591 g/mol. The largest absolute Gasteiger partial charge is 0.497 e. The van der Waals surface area contributed by atoms with Gasteiger partial charge in [0.05, 0.1) is 18.2 Å². The van der Waals surface area contributed by atoms with Gasteiger partial charge in [-0.2, -0.15) is 5.26 Å². The van der Waals surface area contributed by atoms with Crippen molar-refractivity contribution in [2.24, 2.45) is 4.99 Å². The quantitative estimate of drug-likeness (QED) is 0.290. The van der Waals surface area contributed by atoms with E-state index in [4.69, 9.17) is 9.47 Å². The van der Waals surface area contributed by atoms with Crippen molar-refractivity contribution < 1.29 is 23.5 Å². The number of carbonyl (C=O) groups is 2. The summed E-state index contributed by atoms with van der Waals surface area (Å²) >= 11 is 1.48. The minimum Gasteiger partial charge on any atom is -0.497 e. The summed E-state index contributed by atoms with van der Waals surface area (Å²) < 4.78 is 25.1. The van der Waals surface area contributed by atoms with Crippen LogP contribution in [0.2, 0.25) is 0 Å². The van der Waals surface area contributed by atoms with Crippen molar-refractivity contribution >= 4 is 29.3 Å². The summed E-state index contributed by atoms with van der Waals surface area (Å²) in [6, 6.07) is 17.9. The highest BCUT2D eigenvalue weighted by Gasteiger charge is 2.47. The average molecular weight is 627 g/mol. The van der Waals surface area contributed by atoms with Crippen molar-refractivity contribution in [3.8, 4) is 22.3 Å². The third-order valence-corrected chi connectivity index (χ3v) is 9.26. The number of rotatable bonds is 5. The Hall–Kier alpha value is -4.75. The Morgan fingerprint density at radius 1 is 1.16 bits per heavy atom. The number of aliphatic imine (C=N–C) groups is 1. The van der Waals surface area contributed by atoms with E-state index in [1.54, 1.807) is 41.0 Å². The van der Waals surface area contributed by atoms with Gasteiger partial charge in [0, 0.05) is 28.9 Å². The molecule has 0 spiro atoms. The minimum atomic E-state index is -0.942. The van der Waals surface area contributed by atoms with Crippen molar-refractivity contribution in [2.75, 3.05) is 14.2 Å². The van der Waals surface area contributed by atoms with E-state index in [-0.39, 0.29) is 17.4 Å². The van der Waals surface area contributed by atoms with Gasteiger partial charge in [0.2, 0.25) is 5.96 Å². The Labute approximate surface area is 266 Å². The van der Waals surface area contributed by atoms with Crippen molar-refractivity contribution in [1.82, 2.24) is 9.80 Å². The number of methoxy groups -OCH3 is 1. The molecule has 2 amide bonds. The van der Waals surface area contributed by atoms with Gasteiger partial charge in [-0.1, -0.05) is 30.4 Å². The minimum absolute atomic E-state index is 0.0364. The highest BCUT2D eigenvalue weighted by Crippen LogP contribution is 2.48. The Bertz CT molecular complexity index is 1780. The Kier molecular flexibility index (Phi) is 8.68. The van der Waals surface area contributed by atoms with Crippen LogP contribution in [0.15, 0.2) is 82.9 Å². The molecule has 1 aliphatic heterocycles. The summed E-state index contributed by atoms with van der Waals surface area (Å²) in [6.45, 7) is 7.62. The molecule has 8 nitrogen and oxygen atoms in total. The summed E-state index contributed by atoms with van der Waals surface area (Å²) in [5.74, 6) is 0.000914. The number of allylic oxidation sites excluding steroid dienone is 1. The third-order valence-electron chi connectivity index (χ3n) is 7.92. The number of ether oxygens (including phenoxy) is 2. The molecule has 0 saturated carbocycles. The molecule has 10 heteroatoms. The van der Waals surface area contributed by atoms with Gasteiger partial charge in [-0.05, 0) is 93.6 Å². The number of halogens is 1. The highest BCUT2D eigenvalue weighted by molar-refractivity contribution is 7.15. The zero-order valence-corrected chi connectivity index (χ0v) is 27.0. The number of benzene rings is 2. The van der Waals surface area contributed by atoms with Crippen molar-refractivity contribution in [3.05, 3.63) is 99.7 Å². The smallest absolute Gasteiger partial charge is 0.437 e. The molecule has 0 N–H and O–H groups in total. The summed E-state index contributed by atoms with van der Waals surface area (Å²) in [4.78, 5) is 36.9. The number of guanidine groups is 1. The molecule has 2 aromatic carbocycles. The number of hydrogen-bond acceptors (Lipinski definition) is 6. The first-order chi connectivity index (χ1) is 21.3. The number of thiophene rings is 1. The second kappa shape index (κ2) is 12.3. The van der Waals surface area contributed by atoms with E-state index in [2.05, 4.69) is 4.99 Å². The highest BCUT2D eigenvalue weighted by atomic mass is 32.1. The maximum Gasteiger partial charge on any atom is 0.437 e. The molecule has 1 atom stereocenters. The van der Waals surface area contributed by atoms with Crippen molar-refractivity contribution in [1.29, 1.82) is 5.26 Å². The lowest BCUT2D eigenvalue weighted by molar-refractivity contribution is -0.122. The van der Waals surface area contributed by atoms with E-state index >= 15 is 0 Å². The van der Waals surface area contributed by atoms with Crippen LogP contribution in [0.1, 0.15) is 56.5 Å². The number of nitrogens with zero attached hydrogens (tertiary/aromatic N) is 4. The molecule has 1 aromatic heterocycles. The summed E-state index contributed by atoms with van der Waals surface area (Å²) in [5, 5.41) is 9.43. The van der Waals surface area contributed by atoms with Crippen LogP contribution in [0.4, 0.5) is 9.18 Å². The Balaban J connectivity index is 1.74. The third kappa shape index (κ3) is 6.26. The van der Waals surface area contributed by atoms with E-state index in [0.29, 0.717) is 29.9 Å². The van der Waals surface area contributed by atoms with Gasteiger partial charge in [0.1, 0.15) is 23.2 Å². The molecule has 0 fully saturated rings. The Morgan fingerprint density at radius 3 is 2.56 bits per heavy atom. The number of carbonyl (C=O) groups excluding carboxylic acids is 2. The van der Waals surface area contributed by atoms with Crippen LogP contribution in [-0.4, -0.2) is 47.5 Å². The molecule has 0 radical (unpaired) electrons. The molecule has 0 bridgehead atoms. The lowest BCUT2D eigenvalue weighted by Gasteiger charge is -2.44. The maximum atomic E-state index is 14.2. The first-order valence-corrected chi connectivity index (χ1v) is 15.4. The van der Waals surface area contributed by atoms with Crippen molar-refractivity contribution in [2.45, 2.75) is 58.2 Å². The van der Waals surface area contributed by atoms with Gasteiger partial charge < -0.3 is 14.4 Å². The summed E-state index contributed by atoms with van der Waals surface area (Å²) in [6.07, 6.45) is 4.38. The molecule has 5 rings (SSSR count). The molecular formula is C35H35FN4O4S. The normalized spacial score (nSPS) is 19.3. The maximum absolute atomic E-state index is 14.2. The fourth-order valence-electron chi connectivity index (χ4n) is 5.63. The van der Waals surface area contributed by atoms with Crippen LogP contribution >= 0.6 is 11.3 Å². The molecule has 0 saturated heterocycles. The van der Waals surface area contributed by atoms with E-state index in [9.17, 15) is 19.2 Å². The first-order valence-electron chi connectivity index (χ1n) is 14.6. The molecule has 1 unspecified atom stereocenters. The molecule has 3 aromatic rings. The fourth-order valence-corrected chi connectivity index (χ4v) is 6.82. The monoisotopic (exact) mass is 626 g/mol. The van der Waals surface area contributed by atoms with E-state index in [1.807, 2.05) is 66.4 Å². The standard InChI is InChI=1S/C35H35FN4O4S/c1-34(2,3)44-33(42)38-32-39(5)31(41)26-9-7-8-10-27(26)35(4,40(32)21-22-11-14-25(43-6)15-12-22)30-18-17-29(45-30)23-13-16-28(36)24(19-23)20-37/h7,9,11-19H,8,10,21H2,1-6H3. The second-order valence-corrected chi connectivity index (χ2v) is 13.2. The number of nitriles is 1. The van der Waals surface area contributed by atoms with Gasteiger partial charge in [0.25, 0.3) is 5.91 Å². The Morgan fingerprint density at radius 2 is 1.89 bits per heavy atom. The summed E-state index contributed by atoms with van der Waals surface area (Å²) in [7, 11) is 3.22. The molecule has 2 aliphatic rings. The van der Waals surface area contributed by atoms with Gasteiger partial charge in [-0.25, -0.2) is 9.18 Å². The molecule has 45 heavy (non-hydrogen) atoms. The number of hydrogen-bond donors (Lipinski definition) is 0. The van der Waals surface area contributed by atoms with Crippen LogP contribution in [0.3, 0.4) is 0 Å². The van der Waals surface area contributed by atoms with Crippen molar-refractivity contribution in [3.63, 3.8) is 0 Å². The topological polar surface area (TPSA) is 95.2 Å². The van der Waals surface area contributed by atoms with E-state index < -0.39 is 23.1 Å². The van der Waals surface area contributed by atoms with Crippen LogP contribution in [0, 0.1) is 17.1 Å². The van der Waals surface area contributed by atoms with Gasteiger partial charge >= 0.3 is 6.09 Å². The lowest BCUT2D eigenvalue weighted by Crippen LogP contribution is -2.52. The van der Waals surface area contributed by atoms with Crippen LogP contribution in [0.5, 0.6) is 5.75 Å². The molecule has 232 valence electrons. The van der Waals surface area contributed by atoms with Gasteiger partial charge in [-0.15, -0.1) is 16.3 Å². The van der Waals surface area contributed by atoms with Crippen LogP contribution in [-0.2, 0) is 21.6 Å². The number of likely N-dealkylation sites (N-methyl/N-ethyl adjacent to an activating group) is 1. The number of amides is 2. The van der Waals surface area contributed by atoms with Crippen LogP contribution < -0.4 is 4.74 Å². The lowest BCUT2D eigenvalue weighted by atomic mass is 9.80. The first kappa shape index (κ1) is 31.7. The zero-order chi connectivity index (χ0) is 32.5. The second-order valence-electron chi connectivity index (χ2n) is 12.1. The van der Waals surface area contributed by atoms with E-state index in [0.717, 1.165) is 27.3 Å². The molecule has 1 aliphatic carbocycles. The predicted octanol–water partition coefficient (Wildman–Crippen LogP) is 7.56. The SMILES string of the molecule is COc1ccc(CN2C(=NC(=O)OC(C)(C)C)N(C)C(=O)C3=C(CCC=C3)C2(C)c2ccc(-c3ccc(F)c(C#N)c3)s2)cc1. The van der Waals surface area contributed by atoms with Gasteiger partial charge in [-0.3, -0.25) is 9.69 Å². The summed E-state index contributed by atoms with van der Waals surface area (Å²) in [5.41, 5.74) is 1.28. The van der Waals surface area contributed by atoms with Gasteiger partial charge in [0.15, 0.2) is 0 Å². The zero-order valence-electron chi connectivity index (χ0n) is 26.2. The average Bonchev–Trinajstić information content (AvgIpc) is 3.50. The molecule has 2 heterocycles. The predicted molar refractivity (Wildman–Crippen MR) is 172 cm³/mol. The van der Waals surface area contributed by atoms with E-state index in [1.165, 1.54) is 28.4 Å².